The van der Waals surface area contributed by atoms with Crippen molar-refractivity contribution in [3.8, 4) is 28.9 Å². The summed E-state index contributed by atoms with van der Waals surface area (Å²) in [6.45, 7) is 0. The average Bonchev–Trinajstić information content (AvgIpc) is 3.06. The Balaban J connectivity index is 2.08. The molecule has 0 fully saturated rings. The SMILES string of the molecule is COc1cccc(-c2nnc(SCCC#N)n2-c2ccc(Cl)cc2)c1. The van der Waals surface area contributed by atoms with E-state index in [2.05, 4.69) is 16.3 Å². The van der Waals surface area contributed by atoms with Gasteiger partial charge in [-0.1, -0.05) is 35.5 Å². The lowest BCUT2D eigenvalue weighted by molar-refractivity contribution is 0.415. The zero-order chi connectivity index (χ0) is 17.6. The van der Waals surface area contributed by atoms with Gasteiger partial charge in [-0.2, -0.15) is 5.26 Å². The molecule has 0 aliphatic carbocycles. The highest BCUT2D eigenvalue weighted by atomic mass is 35.5. The number of nitriles is 1. The number of thioether (sulfide) groups is 1. The molecule has 0 N–H and O–H groups in total. The van der Waals surface area contributed by atoms with E-state index >= 15 is 0 Å². The lowest BCUT2D eigenvalue weighted by atomic mass is 10.2. The Morgan fingerprint density at radius 2 is 2.00 bits per heavy atom. The van der Waals surface area contributed by atoms with Gasteiger partial charge in [-0.25, -0.2) is 0 Å². The summed E-state index contributed by atoms with van der Waals surface area (Å²) < 4.78 is 7.27. The Morgan fingerprint density at radius 3 is 2.72 bits per heavy atom. The molecule has 1 aromatic heterocycles. The van der Waals surface area contributed by atoms with Crippen molar-refractivity contribution in [3.63, 3.8) is 0 Å². The minimum atomic E-state index is 0.451. The van der Waals surface area contributed by atoms with Crippen molar-refractivity contribution < 1.29 is 4.74 Å². The normalized spacial score (nSPS) is 10.4. The molecule has 0 atom stereocenters. The molecule has 0 radical (unpaired) electrons. The van der Waals surface area contributed by atoms with Crippen LogP contribution in [0.1, 0.15) is 6.42 Å². The number of hydrogen-bond acceptors (Lipinski definition) is 5. The van der Waals surface area contributed by atoms with E-state index in [4.69, 9.17) is 21.6 Å². The van der Waals surface area contributed by atoms with Crippen LogP contribution in [0.25, 0.3) is 17.1 Å². The van der Waals surface area contributed by atoms with Crippen LogP contribution >= 0.6 is 23.4 Å². The third-order valence-corrected chi connectivity index (χ3v) is 4.67. The third-order valence-electron chi connectivity index (χ3n) is 3.49. The Labute approximate surface area is 155 Å². The quantitative estimate of drug-likeness (QED) is 0.468. The van der Waals surface area contributed by atoms with Gasteiger partial charge in [0.15, 0.2) is 11.0 Å². The van der Waals surface area contributed by atoms with Crippen LogP contribution in [0.2, 0.25) is 5.02 Å². The minimum Gasteiger partial charge on any atom is -0.497 e. The van der Waals surface area contributed by atoms with Crippen LogP contribution < -0.4 is 4.74 Å². The second-order valence-corrected chi connectivity index (χ2v) is 6.61. The first kappa shape index (κ1) is 17.3. The highest BCUT2D eigenvalue weighted by molar-refractivity contribution is 7.99. The van der Waals surface area contributed by atoms with Crippen LogP contribution in [0.5, 0.6) is 5.75 Å². The lowest BCUT2D eigenvalue weighted by Gasteiger charge is -2.11. The Bertz CT molecular complexity index is 902. The Kier molecular flexibility index (Phi) is 5.59. The van der Waals surface area contributed by atoms with Crippen molar-refractivity contribution in [1.82, 2.24) is 14.8 Å². The van der Waals surface area contributed by atoms with Crippen LogP contribution in [0.3, 0.4) is 0 Å². The van der Waals surface area contributed by atoms with Crippen molar-refractivity contribution in [2.75, 3.05) is 12.9 Å². The van der Waals surface area contributed by atoms with Gasteiger partial charge in [0.1, 0.15) is 5.75 Å². The Morgan fingerprint density at radius 1 is 1.20 bits per heavy atom. The molecule has 0 unspecified atom stereocenters. The molecule has 1 heterocycles. The van der Waals surface area contributed by atoms with Gasteiger partial charge in [-0.05, 0) is 36.4 Å². The number of halogens is 1. The number of nitrogens with zero attached hydrogens (tertiary/aromatic N) is 4. The Hall–Kier alpha value is -2.49. The maximum atomic E-state index is 8.77. The van der Waals surface area contributed by atoms with Gasteiger partial charge in [0.05, 0.1) is 13.2 Å². The zero-order valence-corrected chi connectivity index (χ0v) is 15.1. The molecule has 2 aromatic carbocycles. The summed E-state index contributed by atoms with van der Waals surface area (Å²) in [4.78, 5) is 0. The lowest BCUT2D eigenvalue weighted by Crippen LogP contribution is -2.00. The summed E-state index contributed by atoms with van der Waals surface area (Å²) in [5.41, 5.74) is 1.81. The van der Waals surface area contributed by atoms with E-state index in [1.165, 1.54) is 11.8 Å². The van der Waals surface area contributed by atoms with Crippen molar-refractivity contribution >= 4 is 23.4 Å². The summed E-state index contributed by atoms with van der Waals surface area (Å²) in [6, 6.07) is 17.3. The molecule has 0 saturated heterocycles. The first-order chi connectivity index (χ1) is 12.2. The molecule has 0 spiro atoms. The monoisotopic (exact) mass is 370 g/mol. The fraction of sp³-hybridized carbons (Fsp3) is 0.167. The molecular weight excluding hydrogens is 356 g/mol. The molecule has 0 aliphatic heterocycles. The van der Waals surface area contributed by atoms with Crippen LogP contribution in [-0.4, -0.2) is 27.6 Å². The molecule has 25 heavy (non-hydrogen) atoms. The van der Waals surface area contributed by atoms with Crippen LogP contribution in [-0.2, 0) is 0 Å². The predicted octanol–water partition coefficient (Wildman–Crippen LogP) is 4.60. The van der Waals surface area contributed by atoms with E-state index in [9.17, 15) is 0 Å². The largest absolute Gasteiger partial charge is 0.497 e. The van der Waals surface area contributed by atoms with Crippen molar-refractivity contribution in [2.45, 2.75) is 11.6 Å². The van der Waals surface area contributed by atoms with Gasteiger partial charge in [0.25, 0.3) is 0 Å². The second-order valence-electron chi connectivity index (χ2n) is 5.11. The highest BCUT2D eigenvalue weighted by Crippen LogP contribution is 2.30. The van der Waals surface area contributed by atoms with Crippen LogP contribution in [0.4, 0.5) is 0 Å². The summed E-state index contributed by atoms with van der Waals surface area (Å²) in [5.74, 6) is 2.11. The van der Waals surface area contributed by atoms with Gasteiger partial charge in [0.2, 0.25) is 0 Å². The van der Waals surface area contributed by atoms with Crippen molar-refractivity contribution in [3.05, 3.63) is 53.6 Å². The van der Waals surface area contributed by atoms with Gasteiger partial charge in [0, 0.05) is 28.4 Å². The summed E-state index contributed by atoms with van der Waals surface area (Å²) >= 11 is 7.51. The molecule has 0 amide bonds. The number of hydrogen-bond donors (Lipinski definition) is 0. The topological polar surface area (TPSA) is 63.7 Å². The van der Waals surface area contributed by atoms with Gasteiger partial charge in [-0.3, -0.25) is 4.57 Å². The maximum absolute atomic E-state index is 8.77. The van der Waals surface area contributed by atoms with E-state index in [0.717, 1.165) is 22.2 Å². The van der Waals surface area contributed by atoms with E-state index in [0.29, 0.717) is 23.0 Å². The minimum absolute atomic E-state index is 0.451. The van der Waals surface area contributed by atoms with Gasteiger partial charge >= 0.3 is 0 Å². The van der Waals surface area contributed by atoms with Crippen LogP contribution in [0, 0.1) is 11.3 Å². The molecule has 126 valence electrons. The van der Waals surface area contributed by atoms with Crippen molar-refractivity contribution in [2.24, 2.45) is 0 Å². The summed E-state index contributed by atoms with van der Waals surface area (Å²) in [7, 11) is 1.63. The standard InChI is InChI=1S/C18H15ClN4OS/c1-24-16-5-2-4-13(12-16)17-21-22-18(25-11-3-10-20)23(17)15-8-6-14(19)7-9-15/h2,4-9,12H,3,11H2,1H3. The molecule has 5 nitrogen and oxygen atoms in total. The number of rotatable bonds is 6. The van der Waals surface area contributed by atoms with E-state index in [1.807, 2.05) is 53.1 Å². The molecule has 7 heteroatoms. The number of aromatic nitrogens is 3. The number of benzene rings is 2. The van der Waals surface area contributed by atoms with E-state index < -0.39 is 0 Å². The summed E-state index contributed by atoms with van der Waals surface area (Å²) in [6.07, 6.45) is 0.451. The van der Waals surface area contributed by atoms with Gasteiger partial charge in [-0.15, -0.1) is 10.2 Å². The van der Waals surface area contributed by atoms with E-state index in [-0.39, 0.29) is 0 Å². The molecular formula is C18H15ClN4OS. The summed E-state index contributed by atoms with van der Waals surface area (Å²) in [5, 5.41) is 18.8. The highest BCUT2D eigenvalue weighted by Gasteiger charge is 2.16. The van der Waals surface area contributed by atoms with Crippen molar-refractivity contribution in [1.29, 1.82) is 5.26 Å². The average molecular weight is 371 g/mol. The third kappa shape index (κ3) is 3.95. The molecule has 0 bridgehead atoms. The number of methoxy groups -OCH3 is 1. The van der Waals surface area contributed by atoms with Crippen LogP contribution in [0.15, 0.2) is 53.7 Å². The van der Waals surface area contributed by atoms with Gasteiger partial charge < -0.3 is 4.74 Å². The zero-order valence-electron chi connectivity index (χ0n) is 13.5. The smallest absolute Gasteiger partial charge is 0.196 e. The molecule has 0 aliphatic rings. The fourth-order valence-electron chi connectivity index (χ4n) is 2.32. The second kappa shape index (κ2) is 8.06. The number of ether oxygens (including phenoxy) is 1. The predicted molar refractivity (Wildman–Crippen MR) is 99.3 cm³/mol. The fourth-order valence-corrected chi connectivity index (χ4v) is 3.24. The molecule has 0 saturated carbocycles. The first-order valence-electron chi connectivity index (χ1n) is 7.58. The molecule has 3 aromatic rings. The van der Waals surface area contributed by atoms with E-state index in [1.54, 1.807) is 7.11 Å². The maximum Gasteiger partial charge on any atom is 0.196 e. The first-order valence-corrected chi connectivity index (χ1v) is 8.95. The molecule has 3 rings (SSSR count).